The highest BCUT2D eigenvalue weighted by atomic mass is 127. The van der Waals surface area contributed by atoms with Crippen LogP contribution in [0.5, 0.6) is 0 Å². The summed E-state index contributed by atoms with van der Waals surface area (Å²) in [5, 5.41) is 3.35. The number of aryl methyl sites for hydroxylation is 1. The molecule has 1 aliphatic heterocycles. The molecule has 8 heteroatoms. The van der Waals surface area contributed by atoms with Gasteiger partial charge < -0.3 is 10.2 Å². The van der Waals surface area contributed by atoms with Gasteiger partial charge in [-0.1, -0.05) is 17.7 Å². The van der Waals surface area contributed by atoms with Crippen LogP contribution < -0.4 is 5.32 Å². The minimum absolute atomic E-state index is 0. The highest BCUT2D eigenvalue weighted by molar-refractivity contribution is 14.0. The van der Waals surface area contributed by atoms with E-state index in [1.54, 1.807) is 32.7 Å². The quantitative estimate of drug-likeness (QED) is 0.228. The van der Waals surface area contributed by atoms with Crippen molar-refractivity contribution >= 4 is 51.5 Å². The lowest BCUT2D eigenvalue weighted by atomic mass is 10.2. The molecule has 0 aliphatic carbocycles. The van der Waals surface area contributed by atoms with Crippen molar-refractivity contribution in [3.8, 4) is 0 Å². The molecule has 1 fully saturated rings. The fourth-order valence-corrected chi connectivity index (χ4v) is 4.76. The third-order valence-electron chi connectivity index (χ3n) is 4.23. The van der Waals surface area contributed by atoms with E-state index < -0.39 is 14.6 Å². The molecule has 0 aromatic heterocycles. The summed E-state index contributed by atoms with van der Waals surface area (Å²) < 4.78 is 23.5. The van der Waals surface area contributed by atoms with Crippen molar-refractivity contribution in [2.75, 3.05) is 38.2 Å². The van der Waals surface area contributed by atoms with Gasteiger partial charge in [0, 0.05) is 37.3 Å². The Bertz CT molecular complexity index is 688. The lowest BCUT2D eigenvalue weighted by molar-refractivity contribution is 0.354. The number of thioether (sulfide) groups is 1. The molecule has 0 radical (unpaired) electrons. The van der Waals surface area contributed by atoms with Crippen LogP contribution in [0.4, 0.5) is 0 Å². The maximum absolute atomic E-state index is 12.1. The summed E-state index contributed by atoms with van der Waals surface area (Å²) in [7, 11) is -1.29. The Labute approximate surface area is 173 Å². The monoisotopic (exact) mass is 497 g/mol. The van der Waals surface area contributed by atoms with Crippen molar-refractivity contribution < 1.29 is 8.42 Å². The third-order valence-corrected chi connectivity index (χ3v) is 7.78. The van der Waals surface area contributed by atoms with Gasteiger partial charge in [0.05, 0.1) is 10.5 Å². The smallest absolute Gasteiger partial charge is 0.193 e. The number of guanidine groups is 1. The van der Waals surface area contributed by atoms with Gasteiger partial charge in [-0.15, -0.1) is 35.7 Å². The first-order valence-corrected chi connectivity index (χ1v) is 10.8. The number of rotatable bonds is 4. The first-order chi connectivity index (χ1) is 11.2. The highest BCUT2D eigenvalue weighted by Crippen LogP contribution is 2.23. The van der Waals surface area contributed by atoms with Crippen LogP contribution in [-0.2, 0) is 9.84 Å². The average Bonchev–Trinajstić information content (AvgIpc) is 2.52. The van der Waals surface area contributed by atoms with Crippen molar-refractivity contribution in [3.05, 3.63) is 29.8 Å². The number of halogens is 1. The minimum Gasteiger partial charge on any atom is -0.355 e. The van der Waals surface area contributed by atoms with Gasteiger partial charge in [-0.25, -0.2) is 8.42 Å². The molecule has 25 heavy (non-hydrogen) atoms. The molecule has 5 nitrogen and oxygen atoms in total. The second-order valence-corrected chi connectivity index (χ2v) is 10.5. The van der Waals surface area contributed by atoms with Crippen LogP contribution in [0, 0.1) is 6.92 Å². The zero-order valence-electron chi connectivity index (χ0n) is 15.3. The number of aliphatic imine (C=N–C) groups is 1. The van der Waals surface area contributed by atoms with Crippen molar-refractivity contribution in [1.29, 1.82) is 0 Å². The lowest BCUT2D eigenvalue weighted by Crippen LogP contribution is -2.57. The molecule has 0 saturated carbocycles. The van der Waals surface area contributed by atoms with Crippen LogP contribution in [-0.4, -0.2) is 62.2 Å². The Hall–Kier alpha value is -0.480. The van der Waals surface area contributed by atoms with Gasteiger partial charge in [-0.05, 0) is 32.9 Å². The number of sulfone groups is 1. The van der Waals surface area contributed by atoms with Crippen molar-refractivity contribution in [1.82, 2.24) is 10.2 Å². The van der Waals surface area contributed by atoms with E-state index in [9.17, 15) is 8.42 Å². The predicted molar refractivity (Wildman–Crippen MR) is 118 cm³/mol. The van der Waals surface area contributed by atoms with E-state index >= 15 is 0 Å². The zero-order valence-corrected chi connectivity index (χ0v) is 19.2. The van der Waals surface area contributed by atoms with Gasteiger partial charge >= 0.3 is 0 Å². The maximum Gasteiger partial charge on any atom is 0.193 e. The van der Waals surface area contributed by atoms with Gasteiger partial charge in [-0.2, -0.15) is 0 Å². The minimum atomic E-state index is -3.03. The lowest BCUT2D eigenvalue weighted by Gasteiger charge is -2.39. The van der Waals surface area contributed by atoms with Crippen molar-refractivity contribution in [2.45, 2.75) is 30.4 Å². The summed E-state index contributed by atoms with van der Waals surface area (Å²) in [6, 6.07) is 8.50. The van der Waals surface area contributed by atoms with Crippen molar-refractivity contribution in [2.24, 2.45) is 4.99 Å². The normalized spacial score (nSPS) is 19.2. The van der Waals surface area contributed by atoms with E-state index in [-0.39, 0.29) is 29.7 Å². The SMILES string of the molecule is CN=C(NCCSc1ccc(C)cc1)N1CCS(=O)(=O)C(C)(C)C1.I. The van der Waals surface area contributed by atoms with E-state index in [0.717, 1.165) is 18.3 Å². The van der Waals surface area contributed by atoms with Gasteiger partial charge in [0.15, 0.2) is 15.8 Å². The molecule has 1 aromatic carbocycles. The van der Waals surface area contributed by atoms with Gasteiger partial charge in [0.2, 0.25) is 0 Å². The summed E-state index contributed by atoms with van der Waals surface area (Å²) in [5.41, 5.74) is 1.26. The molecular formula is C17H28IN3O2S2. The molecular weight excluding hydrogens is 469 g/mol. The number of hydrogen-bond donors (Lipinski definition) is 1. The fraction of sp³-hybridized carbons (Fsp3) is 0.588. The van der Waals surface area contributed by atoms with Gasteiger partial charge in [0.25, 0.3) is 0 Å². The predicted octanol–water partition coefficient (Wildman–Crippen LogP) is 2.79. The molecule has 1 saturated heterocycles. The standard InChI is InChI=1S/C17H27N3O2S2.HI/c1-14-5-7-15(8-6-14)23-11-9-19-16(18-4)20-10-12-24(21,22)17(2,3)13-20;/h5-8H,9-13H2,1-4H3,(H,18,19);1H. The van der Waals surface area contributed by atoms with E-state index in [4.69, 9.17) is 0 Å². The second-order valence-electron chi connectivity index (χ2n) is 6.64. The Morgan fingerprint density at radius 2 is 1.96 bits per heavy atom. The van der Waals surface area contributed by atoms with Crippen molar-refractivity contribution in [3.63, 3.8) is 0 Å². The molecule has 0 atom stereocenters. The largest absolute Gasteiger partial charge is 0.355 e. The molecule has 0 spiro atoms. The van der Waals surface area contributed by atoms with Gasteiger partial charge in [-0.3, -0.25) is 4.99 Å². The molecule has 2 rings (SSSR count). The fourth-order valence-electron chi connectivity index (χ4n) is 2.62. The molecule has 0 amide bonds. The molecule has 0 unspecified atom stereocenters. The van der Waals surface area contributed by atoms with Crippen LogP contribution in [0.3, 0.4) is 0 Å². The summed E-state index contributed by atoms with van der Waals surface area (Å²) in [6.45, 7) is 7.41. The van der Waals surface area contributed by atoms with Crippen LogP contribution >= 0.6 is 35.7 Å². The first kappa shape index (κ1) is 22.6. The number of nitrogens with one attached hydrogen (secondary N) is 1. The molecule has 0 bridgehead atoms. The number of hydrogen-bond acceptors (Lipinski definition) is 4. The Kier molecular flexibility index (Phi) is 8.53. The molecule has 142 valence electrons. The average molecular weight is 497 g/mol. The Balaban J connectivity index is 0.00000312. The van der Waals surface area contributed by atoms with E-state index in [0.29, 0.717) is 13.1 Å². The summed E-state index contributed by atoms with van der Waals surface area (Å²) >= 11 is 1.80. The van der Waals surface area contributed by atoms with Gasteiger partial charge in [0.1, 0.15) is 0 Å². The van der Waals surface area contributed by atoms with Crippen LogP contribution in [0.15, 0.2) is 34.2 Å². The second kappa shape index (κ2) is 9.45. The topological polar surface area (TPSA) is 61.8 Å². The molecule has 1 aliphatic rings. The Morgan fingerprint density at radius 3 is 2.52 bits per heavy atom. The maximum atomic E-state index is 12.1. The van der Waals surface area contributed by atoms with E-state index in [2.05, 4.69) is 41.5 Å². The highest BCUT2D eigenvalue weighted by Gasteiger charge is 2.40. The first-order valence-electron chi connectivity index (χ1n) is 8.12. The van der Waals surface area contributed by atoms with E-state index in [1.165, 1.54) is 10.5 Å². The summed E-state index contributed by atoms with van der Waals surface area (Å²) in [4.78, 5) is 7.60. The van der Waals surface area contributed by atoms with Crippen LogP contribution in [0.1, 0.15) is 19.4 Å². The van der Waals surface area contributed by atoms with Crippen LogP contribution in [0.25, 0.3) is 0 Å². The zero-order chi connectivity index (χ0) is 17.8. The molecule has 1 N–H and O–H groups in total. The summed E-state index contributed by atoms with van der Waals surface area (Å²) in [6.07, 6.45) is 0. The van der Waals surface area contributed by atoms with Crippen LogP contribution in [0.2, 0.25) is 0 Å². The Morgan fingerprint density at radius 1 is 1.32 bits per heavy atom. The number of benzene rings is 1. The van der Waals surface area contributed by atoms with E-state index in [1.807, 2.05) is 4.90 Å². The molecule has 1 heterocycles. The summed E-state index contributed by atoms with van der Waals surface area (Å²) in [5.74, 6) is 1.89. The number of nitrogens with zero attached hydrogens (tertiary/aromatic N) is 2. The molecule has 1 aromatic rings. The third kappa shape index (κ3) is 6.02.